The van der Waals surface area contributed by atoms with Crippen LogP contribution in [0.3, 0.4) is 0 Å². The zero-order valence-electron chi connectivity index (χ0n) is 20.9. The van der Waals surface area contributed by atoms with E-state index < -0.39 is 23.6 Å². The number of halogens is 1. The molecule has 2 heterocycles. The minimum Gasteiger partial charge on any atom is -0.449 e. The molecule has 0 spiro atoms. The minimum absolute atomic E-state index is 0.0197. The van der Waals surface area contributed by atoms with Gasteiger partial charge in [0.05, 0.1) is 5.92 Å². The number of carbonyl (C=O) groups is 3. The van der Waals surface area contributed by atoms with Crippen LogP contribution in [0.1, 0.15) is 39.7 Å². The Balaban J connectivity index is 1.66. The first-order chi connectivity index (χ1) is 16.6. The summed E-state index contributed by atoms with van der Waals surface area (Å²) >= 11 is 5.62. The fourth-order valence-corrected chi connectivity index (χ4v) is 4.73. The maximum atomic E-state index is 12.9. The van der Waals surface area contributed by atoms with Crippen LogP contribution in [-0.2, 0) is 25.6 Å². The van der Waals surface area contributed by atoms with Crippen LogP contribution in [0.2, 0.25) is 0 Å². The van der Waals surface area contributed by atoms with Crippen molar-refractivity contribution in [1.29, 1.82) is 0 Å². The lowest BCUT2D eigenvalue weighted by molar-refractivity contribution is -0.149. The van der Waals surface area contributed by atoms with Gasteiger partial charge in [0.1, 0.15) is 12.2 Å². The third-order valence-corrected chi connectivity index (χ3v) is 6.33. The third-order valence-electron chi connectivity index (χ3n) is 6.22. The summed E-state index contributed by atoms with van der Waals surface area (Å²) in [5.74, 6) is -0.932. The first-order valence-corrected chi connectivity index (χ1v) is 12.5. The predicted molar refractivity (Wildman–Crippen MR) is 131 cm³/mol. The standard InChI is InChI=1S/C25H36ClN3O6/c1-18-13-27(24(32)35-25(2,3)4)10-11-29(18)21-12-20(22(30)34-17-26)14-28(15-21)23(31)33-16-19-8-6-5-7-9-19/h5-9,18,20-21H,10-17H2,1-4H3. The van der Waals surface area contributed by atoms with E-state index in [1.807, 2.05) is 58.0 Å². The summed E-state index contributed by atoms with van der Waals surface area (Å²) in [7, 11) is 0. The van der Waals surface area contributed by atoms with Gasteiger partial charge in [0.2, 0.25) is 0 Å². The van der Waals surface area contributed by atoms with Gasteiger partial charge in [-0.05, 0) is 39.7 Å². The Labute approximate surface area is 212 Å². The van der Waals surface area contributed by atoms with E-state index in [1.165, 1.54) is 0 Å². The highest BCUT2D eigenvalue weighted by atomic mass is 35.5. The number of piperidine rings is 1. The van der Waals surface area contributed by atoms with Crippen LogP contribution in [-0.4, -0.2) is 89.3 Å². The molecule has 0 aromatic heterocycles. The molecule has 2 fully saturated rings. The molecule has 0 N–H and O–H groups in total. The van der Waals surface area contributed by atoms with Crippen LogP contribution in [0.4, 0.5) is 9.59 Å². The molecule has 0 saturated carbocycles. The summed E-state index contributed by atoms with van der Waals surface area (Å²) in [4.78, 5) is 43.5. The van der Waals surface area contributed by atoms with Gasteiger partial charge in [-0.3, -0.25) is 9.69 Å². The highest BCUT2D eigenvalue weighted by Gasteiger charge is 2.41. The highest BCUT2D eigenvalue weighted by Crippen LogP contribution is 2.27. The quantitative estimate of drug-likeness (QED) is 0.340. The maximum Gasteiger partial charge on any atom is 0.410 e. The number of ether oxygens (including phenoxy) is 3. The van der Waals surface area contributed by atoms with E-state index in [9.17, 15) is 14.4 Å². The molecule has 194 valence electrons. The summed E-state index contributed by atoms with van der Waals surface area (Å²) in [6.07, 6.45) is -0.265. The normalized spacial score (nSPS) is 23.5. The summed E-state index contributed by atoms with van der Waals surface area (Å²) in [6, 6.07) is 9.15. The number of alkyl halides is 1. The number of nitrogens with zero attached hydrogens (tertiary/aromatic N) is 3. The lowest BCUT2D eigenvalue weighted by Crippen LogP contribution is -2.62. The second kappa shape index (κ2) is 11.9. The summed E-state index contributed by atoms with van der Waals surface area (Å²) in [5, 5.41) is 0. The van der Waals surface area contributed by atoms with Gasteiger partial charge in [0, 0.05) is 44.8 Å². The second-order valence-corrected chi connectivity index (χ2v) is 10.3. The molecular formula is C25H36ClN3O6. The lowest BCUT2D eigenvalue weighted by atomic mass is 9.92. The van der Waals surface area contributed by atoms with E-state index in [0.29, 0.717) is 32.6 Å². The van der Waals surface area contributed by atoms with Crippen molar-refractivity contribution in [2.45, 2.75) is 58.4 Å². The van der Waals surface area contributed by atoms with Gasteiger partial charge in [-0.25, -0.2) is 9.59 Å². The van der Waals surface area contributed by atoms with Crippen molar-refractivity contribution in [2.75, 3.05) is 38.8 Å². The zero-order valence-corrected chi connectivity index (χ0v) is 21.7. The van der Waals surface area contributed by atoms with E-state index in [1.54, 1.807) is 9.80 Å². The Morgan fingerprint density at radius 2 is 1.69 bits per heavy atom. The maximum absolute atomic E-state index is 12.9. The van der Waals surface area contributed by atoms with Crippen molar-refractivity contribution in [3.05, 3.63) is 35.9 Å². The van der Waals surface area contributed by atoms with Crippen LogP contribution < -0.4 is 0 Å². The van der Waals surface area contributed by atoms with E-state index in [0.717, 1.165) is 5.56 Å². The predicted octanol–water partition coefficient (Wildman–Crippen LogP) is 3.69. The largest absolute Gasteiger partial charge is 0.449 e. The van der Waals surface area contributed by atoms with Crippen molar-refractivity contribution in [3.63, 3.8) is 0 Å². The molecule has 3 unspecified atom stereocenters. The van der Waals surface area contributed by atoms with Crippen LogP contribution in [0.25, 0.3) is 0 Å². The lowest BCUT2D eigenvalue weighted by Gasteiger charge is -2.47. The SMILES string of the molecule is CC1CN(C(=O)OC(C)(C)C)CCN1C1CC(C(=O)OCCl)CN(C(=O)OCc2ccccc2)C1. The fourth-order valence-electron chi connectivity index (χ4n) is 4.62. The molecule has 2 aliphatic rings. The van der Waals surface area contributed by atoms with Crippen LogP contribution in [0, 0.1) is 5.92 Å². The van der Waals surface area contributed by atoms with Gasteiger partial charge in [-0.1, -0.05) is 41.9 Å². The van der Waals surface area contributed by atoms with Gasteiger partial charge >= 0.3 is 18.2 Å². The first kappa shape index (κ1) is 27.1. The van der Waals surface area contributed by atoms with Gasteiger partial charge in [-0.2, -0.15) is 0 Å². The molecule has 35 heavy (non-hydrogen) atoms. The molecule has 3 rings (SSSR count). The molecule has 9 nitrogen and oxygen atoms in total. The smallest absolute Gasteiger partial charge is 0.410 e. The van der Waals surface area contributed by atoms with Crippen molar-refractivity contribution in [3.8, 4) is 0 Å². The number of hydrogen-bond acceptors (Lipinski definition) is 7. The van der Waals surface area contributed by atoms with Crippen molar-refractivity contribution in [1.82, 2.24) is 14.7 Å². The summed E-state index contributed by atoms with van der Waals surface area (Å²) in [6.45, 7) is 9.98. The average molecular weight is 510 g/mol. The van der Waals surface area contributed by atoms with Gasteiger partial charge in [0.25, 0.3) is 0 Å². The molecule has 1 aromatic carbocycles. The summed E-state index contributed by atoms with van der Waals surface area (Å²) < 4.78 is 16.1. The monoisotopic (exact) mass is 509 g/mol. The Bertz CT molecular complexity index is 878. The summed E-state index contributed by atoms with van der Waals surface area (Å²) in [5.41, 5.74) is 0.330. The van der Waals surface area contributed by atoms with E-state index in [2.05, 4.69) is 4.90 Å². The molecule has 2 aliphatic heterocycles. The van der Waals surface area contributed by atoms with Gasteiger partial charge < -0.3 is 24.0 Å². The molecule has 0 radical (unpaired) electrons. The van der Waals surface area contributed by atoms with Gasteiger partial charge in [0.15, 0.2) is 6.07 Å². The van der Waals surface area contributed by atoms with Crippen molar-refractivity contribution >= 4 is 29.8 Å². The van der Waals surface area contributed by atoms with E-state index >= 15 is 0 Å². The molecule has 3 atom stereocenters. The van der Waals surface area contributed by atoms with Crippen molar-refractivity contribution in [2.24, 2.45) is 5.92 Å². The number of rotatable bonds is 5. The molecule has 0 aliphatic carbocycles. The molecule has 0 bridgehead atoms. The molecule has 2 saturated heterocycles. The number of benzene rings is 1. The second-order valence-electron chi connectivity index (χ2n) is 10.1. The third kappa shape index (κ3) is 7.73. The van der Waals surface area contributed by atoms with Gasteiger partial charge in [-0.15, -0.1) is 0 Å². The minimum atomic E-state index is -0.558. The number of esters is 1. The number of likely N-dealkylation sites (tertiary alicyclic amines) is 1. The molecule has 2 amide bonds. The first-order valence-electron chi connectivity index (χ1n) is 12.0. The van der Waals surface area contributed by atoms with Crippen LogP contribution in [0.15, 0.2) is 30.3 Å². The molecule has 10 heteroatoms. The van der Waals surface area contributed by atoms with Crippen molar-refractivity contribution < 1.29 is 28.6 Å². The number of amides is 2. The topological polar surface area (TPSA) is 88.6 Å². The Hall–Kier alpha value is -2.52. The zero-order chi connectivity index (χ0) is 25.6. The fraction of sp³-hybridized carbons (Fsp3) is 0.640. The Kier molecular flexibility index (Phi) is 9.24. The average Bonchev–Trinajstić information content (AvgIpc) is 2.82. The number of piperazine rings is 1. The highest BCUT2D eigenvalue weighted by molar-refractivity contribution is 6.17. The number of carbonyl (C=O) groups excluding carboxylic acids is 3. The van der Waals surface area contributed by atoms with Crippen LogP contribution in [0.5, 0.6) is 0 Å². The Morgan fingerprint density at radius 1 is 0.971 bits per heavy atom. The molecular weight excluding hydrogens is 474 g/mol. The van der Waals surface area contributed by atoms with E-state index in [4.69, 9.17) is 25.8 Å². The van der Waals surface area contributed by atoms with E-state index in [-0.39, 0.29) is 37.4 Å². The molecule has 1 aromatic rings. The number of hydrogen-bond donors (Lipinski definition) is 0. The van der Waals surface area contributed by atoms with Crippen LogP contribution >= 0.6 is 11.6 Å². The Morgan fingerprint density at radius 3 is 2.31 bits per heavy atom.